The number of piperazine rings is 1. The van der Waals surface area contributed by atoms with E-state index < -0.39 is 0 Å². The number of halogens is 1. The Labute approximate surface area is 247 Å². The van der Waals surface area contributed by atoms with Crippen molar-refractivity contribution < 1.29 is 14.3 Å². The molecule has 0 bridgehead atoms. The predicted octanol–water partition coefficient (Wildman–Crippen LogP) is 5.85. The standard InChI is InChI=1S/C31H39ClN6O3/c1-22-7-9-24(20-26(22)34-30(39)21-32)41-31-27(38-13-5-4-6-14-38)11-12-29(35-31)33-25-10-8-23(19-28(25)40-3)37-17-15-36(2)16-18-37/h7-12,19-20H,4-6,13-18,21H2,1-3H3,(H,33,35)(H,34,39). The zero-order valence-electron chi connectivity index (χ0n) is 24.1. The molecule has 0 atom stereocenters. The number of nitrogens with one attached hydrogen (secondary N) is 2. The molecule has 3 heterocycles. The molecule has 2 saturated heterocycles. The van der Waals surface area contributed by atoms with Crippen LogP contribution in [-0.4, -0.2) is 75.1 Å². The maximum atomic E-state index is 11.9. The van der Waals surface area contributed by atoms with E-state index >= 15 is 0 Å². The molecule has 10 heteroatoms. The number of carbonyl (C=O) groups is 1. The van der Waals surface area contributed by atoms with Gasteiger partial charge >= 0.3 is 0 Å². The number of rotatable bonds is 9. The minimum Gasteiger partial charge on any atom is -0.494 e. The highest BCUT2D eigenvalue weighted by Crippen LogP contribution is 2.37. The number of piperidine rings is 1. The number of pyridine rings is 1. The highest BCUT2D eigenvalue weighted by atomic mass is 35.5. The van der Waals surface area contributed by atoms with Crippen LogP contribution in [-0.2, 0) is 4.79 Å². The smallest absolute Gasteiger partial charge is 0.245 e. The number of carbonyl (C=O) groups excluding carboxylic acids is 1. The molecule has 9 nitrogen and oxygen atoms in total. The first-order valence-corrected chi connectivity index (χ1v) is 14.8. The van der Waals surface area contributed by atoms with Gasteiger partial charge in [-0.3, -0.25) is 4.79 Å². The lowest BCUT2D eigenvalue weighted by molar-refractivity contribution is -0.113. The molecule has 41 heavy (non-hydrogen) atoms. The Hall–Kier alpha value is -3.69. The fourth-order valence-electron chi connectivity index (χ4n) is 5.23. The maximum absolute atomic E-state index is 11.9. The average molecular weight is 579 g/mol. The number of benzene rings is 2. The van der Waals surface area contributed by atoms with E-state index in [2.05, 4.69) is 50.6 Å². The largest absolute Gasteiger partial charge is 0.494 e. The second-order valence-electron chi connectivity index (χ2n) is 10.6. The highest BCUT2D eigenvalue weighted by Gasteiger charge is 2.20. The van der Waals surface area contributed by atoms with Gasteiger partial charge in [0.1, 0.15) is 28.9 Å². The minimum atomic E-state index is -0.266. The number of alkyl halides is 1. The Kier molecular flexibility index (Phi) is 9.36. The molecule has 2 aromatic carbocycles. The second kappa shape index (κ2) is 13.3. The molecular formula is C31H39ClN6O3. The molecule has 2 aliphatic rings. The quantitative estimate of drug-likeness (QED) is 0.306. The fourth-order valence-corrected chi connectivity index (χ4v) is 5.30. The topological polar surface area (TPSA) is 82.2 Å². The fraction of sp³-hybridized carbons (Fsp3) is 0.419. The van der Waals surface area contributed by atoms with Gasteiger partial charge in [0.05, 0.1) is 12.8 Å². The van der Waals surface area contributed by atoms with E-state index in [1.54, 1.807) is 7.11 Å². The molecule has 2 fully saturated rings. The van der Waals surface area contributed by atoms with Crippen LogP contribution in [0.2, 0.25) is 0 Å². The Balaban J connectivity index is 1.41. The van der Waals surface area contributed by atoms with E-state index in [0.29, 0.717) is 23.1 Å². The molecule has 2 N–H and O–H groups in total. The van der Waals surface area contributed by atoms with Gasteiger partial charge in [0.2, 0.25) is 11.8 Å². The number of ether oxygens (including phenoxy) is 2. The molecule has 0 radical (unpaired) electrons. The first-order chi connectivity index (χ1) is 19.9. The molecule has 3 aromatic rings. The van der Waals surface area contributed by atoms with Crippen molar-refractivity contribution in [2.24, 2.45) is 0 Å². The molecule has 5 rings (SSSR count). The summed E-state index contributed by atoms with van der Waals surface area (Å²) >= 11 is 5.71. The summed E-state index contributed by atoms with van der Waals surface area (Å²) in [6, 6.07) is 15.9. The lowest BCUT2D eigenvalue weighted by Gasteiger charge is -2.34. The van der Waals surface area contributed by atoms with Gasteiger partial charge in [-0.1, -0.05) is 6.07 Å². The van der Waals surface area contributed by atoms with Crippen LogP contribution in [0.4, 0.5) is 28.6 Å². The van der Waals surface area contributed by atoms with E-state index in [1.807, 2.05) is 37.3 Å². The number of aryl methyl sites for hydroxylation is 1. The van der Waals surface area contributed by atoms with Crippen molar-refractivity contribution in [1.29, 1.82) is 0 Å². The van der Waals surface area contributed by atoms with Crippen LogP contribution < -0.4 is 29.9 Å². The molecule has 0 saturated carbocycles. The van der Waals surface area contributed by atoms with Gasteiger partial charge in [0.15, 0.2) is 0 Å². The van der Waals surface area contributed by atoms with Gasteiger partial charge in [-0.25, -0.2) is 0 Å². The van der Waals surface area contributed by atoms with E-state index in [-0.39, 0.29) is 11.8 Å². The maximum Gasteiger partial charge on any atom is 0.245 e. The number of hydrogen-bond donors (Lipinski definition) is 2. The van der Waals surface area contributed by atoms with Crippen LogP contribution in [0.1, 0.15) is 24.8 Å². The zero-order chi connectivity index (χ0) is 28.8. The number of nitrogens with zero attached hydrogens (tertiary/aromatic N) is 4. The van der Waals surface area contributed by atoms with E-state index in [9.17, 15) is 4.79 Å². The van der Waals surface area contributed by atoms with Crippen molar-refractivity contribution in [2.75, 3.05) is 79.7 Å². The van der Waals surface area contributed by atoms with Crippen LogP contribution in [0.25, 0.3) is 0 Å². The number of methoxy groups -OCH3 is 1. The molecule has 0 unspecified atom stereocenters. The lowest BCUT2D eigenvalue weighted by Crippen LogP contribution is -2.44. The predicted molar refractivity (Wildman–Crippen MR) is 167 cm³/mol. The minimum absolute atomic E-state index is 0.112. The number of likely N-dealkylation sites (N-methyl/N-ethyl adjacent to an activating group) is 1. The molecule has 218 valence electrons. The first kappa shape index (κ1) is 28.8. The second-order valence-corrected chi connectivity index (χ2v) is 10.9. The third-order valence-corrected chi connectivity index (χ3v) is 7.91. The number of amides is 1. The van der Waals surface area contributed by atoms with E-state index in [0.717, 1.165) is 80.5 Å². The third kappa shape index (κ3) is 7.15. The molecule has 1 amide bonds. The SMILES string of the molecule is COc1cc(N2CCN(C)CC2)ccc1Nc1ccc(N2CCCCC2)c(Oc2ccc(C)c(NC(=O)CCl)c2)n1. The number of anilines is 5. The van der Waals surface area contributed by atoms with Crippen LogP contribution >= 0.6 is 11.6 Å². The van der Waals surface area contributed by atoms with Gasteiger partial charge in [0, 0.05) is 62.8 Å². The van der Waals surface area contributed by atoms with Gasteiger partial charge < -0.3 is 34.8 Å². The summed E-state index contributed by atoms with van der Waals surface area (Å²) in [6.07, 6.45) is 3.50. The highest BCUT2D eigenvalue weighted by molar-refractivity contribution is 6.29. The van der Waals surface area contributed by atoms with Crippen molar-refractivity contribution >= 4 is 46.1 Å². The van der Waals surface area contributed by atoms with Gasteiger partial charge in [0.25, 0.3) is 0 Å². The molecule has 1 aromatic heterocycles. The Bertz CT molecular complexity index is 1360. The molecular weight excluding hydrogens is 540 g/mol. The summed E-state index contributed by atoms with van der Waals surface area (Å²) in [6.45, 7) is 7.90. The summed E-state index contributed by atoms with van der Waals surface area (Å²) in [5, 5.41) is 6.28. The van der Waals surface area contributed by atoms with Crippen LogP contribution in [0.3, 0.4) is 0 Å². The van der Waals surface area contributed by atoms with E-state index in [4.69, 9.17) is 26.1 Å². The number of aromatic nitrogens is 1. The van der Waals surface area contributed by atoms with Crippen molar-refractivity contribution in [1.82, 2.24) is 9.88 Å². The van der Waals surface area contributed by atoms with Crippen molar-refractivity contribution in [3.63, 3.8) is 0 Å². The summed E-state index contributed by atoms with van der Waals surface area (Å²) in [4.78, 5) is 23.9. The monoisotopic (exact) mass is 578 g/mol. The normalized spacial score (nSPS) is 15.9. The van der Waals surface area contributed by atoms with Gasteiger partial charge in [-0.05, 0) is 69.1 Å². The summed E-state index contributed by atoms with van der Waals surface area (Å²) < 4.78 is 12.2. The molecule has 0 aliphatic carbocycles. The van der Waals surface area contributed by atoms with E-state index in [1.165, 1.54) is 6.42 Å². The Morgan fingerprint density at radius 2 is 1.71 bits per heavy atom. The van der Waals surface area contributed by atoms with Crippen molar-refractivity contribution in [2.45, 2.75) is 26.2 Å². The van der Waals surface area contributed by atoms with Gasteiger partial charge in [-0.2, -0.15) is 4.98 Å². The van der Waals surface area contributed by atoms with Crippen LogP contribution in [0.5, 0.6) is 17.4 Å². The molecule has 2 aliphatic heterocycles. The summed E-state index contributed by atoms with van der Waals surface area (Å²) in [5.74, 6) is 2.11. The zero-order valence-corrected chi connectivity index (χ0v) is 24.8. The van der Waals surface area contributed by atoms with Crippen LogP contribution in [0.15, 0.2) is 48.5 Å². The lowest BCUT2D eigenvalue weighted by atomic mass is 10.1. The summed E-state index contributed by atoms with van der Waals surface area (Å²) in [5.41, 5.74) is 4.50. The third-order valence-electron chi connectivity index (χ3n) is 7.67. The first-order valence-electron chi connectivity index (χ1n) is 14.2. The summed E-state index contributed by atoms with van der Waals surface area (Å²) in [7, 11) is 3.84. The van der Waals surface area contributed by atoms with Crippen LogP contribution in [0, 0.1) is 6.92 Å². The Morgan fingerprint density at radius 1 is 0.927 bits per heavy atom. The molecule has 0 spiro atoms. The van der Waals surface area contributed by atoms with Crippen molar-refractivity contribution in [3.8, 4) is 17.4 Å². The Morgan fingerprint density at radius 3 is 2.44 bits per heavy atom. The van der Waals surface area contributed by atoms with Gasteiger partial charge in [-0.15, -0.1) is 11.6 Å². The average Bonchev–Trinajstić information content (AvgIpc) is 3.00. The number of hydrogen-bond acceptors (Lipinski definition) is 8. The van der Waals surface area contributed by atoms with Crippen molar-refractivity contribution in [3.05, 3.63) is 54.1 Å².